The predicted molar refractivity (Wildman–Crippen MR) is 127 cm³/mol. The van der Waals surface area contributed by atoms with Crippen LogP contribution in [-0.2, 0) is 20.1 Å². The Balaban J connectivity index is 0.000000193. The quantitative estimate of drug-likeness (QED) is 0.210. The number of aromatic nitrogens is 2. The molecule has 2 nitrogen and oxygen atoms in total. The molecule has 159 valence electrons. The van der Waals surface area contributed by atoms with E-state index in [4.69, 9.17) is 0 Å². The number of pyridine rings is 2. The van der Waals surface area contributed by atoms with E-state index in [2.05, 4.69) is 59.4 Å². The van der Waals surface area contributed by atoms with Gasteiger partial charge in [-0.25, -0.2) is 0 Å². The second kappa shape index (κ2) is 11.9. The number of rotatable bonds is 3. The van der Waals surface area contributed by atoms with E-state index < -0.39 is 0 Å². The first-order valence-electron chi connectivity index (χ1n) is 10.2. The van der Waals surface area contributed by atoms with Gasteiger partial charge in [-0.1, -0.05) is 65.2 Å². The van der Waals surface area contributed by atoms with Crippen LogP contribution in [0.3, 0.4) is 0 Å². The van der Waals surface area contributed by atoms with Crippen molar-refractivity contribution in [1.82, 2.24) is 9.97 Å². The van der Waals surface area contributed by atoms with Gasteiger partial charge in [0.25, 0.3) is 0 Å². The average molecular weight is 591 g/mol. The fraction of sp³-hybridized carbons (Fsp3) is 0.0345. The monoisotopic (exact) mass is 591 g/mol. The van der Waals surface area contributed by atoms with Crippen molar-refractivity contribution in [2.45, 2.75) is 6.92 Å². The van der Waals surface area contributed by atoms with Crippen LogP contribution in [0.15, 0.2) is 116 Å². The summed E-state index contributed by atoms with van der Waals surface area (Å²) in [7, 11) is 0. The van der Waals surface area contributed by atoms with Gasteiger partial charge in [0, 0.05) is 32.5 Å². The molecule has 0 atom stereocenters. The van der Waals surface area contributed by atoms with Gasteiger partial charge in [0.05, 0.1) is 0 Å². The molecule has 0 aliphatic carbocycles. The Morgan fingerprint density at radius 1 is 0.594 bits per heavy atom. The van der Waals surface area contributed by atoms with Crippen LogP contribution >= 0.6 is 0 Å². The predicted octanol–water partition coefficient (Wildman–Crippen LogP) is 7.07. The summed E-state index contributed by atoms with van der Waals surface area (Å²) in [5, 5.41) is 0. The Hall–Kier alpha value is -3.39. The molecule has 0 unspecified atom stereocenters. The van der Waals surface area contributed by atoms with Crippen molar-refractivity contribution in [3.8, 4) is 33.6 Å². The smallest absolute Gasteiger partial charge is 0.0163 e. The van der Waals surface area contributed by atoms with Gasteiger partial charge in [-0.15, -0.1) is 65.7 Å². The minimum atomic E-state index is 0. The van der Waals surface area contributed by atoms with E-state index in [1.807, 2.05) is 79.0 Å². The first-order valence-corrected chi connectivity index (χ1v) is 10.2. The molecule has 5 rings (SSSR count). The van der Waals surface area contributed by atoms with Gasteiger partial charge in [0.2, 0.25) is 0 Å². The molecule has 0 N–H and O–H groups in total. The minimum absolute atomic E-state index is 0. The fourth-order valence-corrected chi connectivity index (χ4v) is 3.15. The van der Waals surface area contributed by atoms with Crippen molar-refractivity contribution in [1.29, 1.82) is 0 Å². The molecule has 0 spiro atoms. The maximum absolute atomic E-state index is 4.38. The normalized spacial score (nSPS) is 9.78. The van der Waals surface area contributed by atoms with Crippen molar-refractivity contribution < 1.29 is 20.1 Å². The maximum atomic E-state index is 4.38. The Morgan fingerprint density at radius 3 is 2.00 bits per heavy atom. The molecule has 1 radical (unpaired) electrons. The summed E-state index contributed by atoms with van der Waals surface area (Å²) in [6, 6.07) is 40.8. The third kappa shape index (κ3) is 6.31. The van der Waals surface area contributed by atoms with Crippen LogP contribution in [0.2, 0.25) is 0 Å². The summed E-state index contributed by atoms with van der Waals surface area (Å²) in [6.45, 7) is 2.07. The van der Waals surface area contributed by atoms with Crippen LogP contribution in [0.4, 0.5) is 0 Å². The van der Waals surface area contributed by atoms with E-state index in [-0.39, 0.29) is 20.1 Å². The molecule has 3 aromatic carbocycles. The van der Waals surface area contributed by atoms with E-state index in [0.717, 1.165) is 22.5 Å². The SMILES string of the molecule is Cc1ccnc(-c2[c-]cc(-c3ccccc3)cc2)c1.[Ir].[c-]1ccccc1-c1ccccn1. The van der Waals surface area contributed by atoms with Crippen LogP contribution in [-0.4, -0.2) is 9.97 Å². The molecule has 0 aliphatic heterocycles. The zero-order chi connectivity index (χ0) is 21.3. The van der Waals surface area contributed by atoms with Gasteiger partial charge in [-0.2, -0.15) is 0 Å². The molecule has 0 fully saturated rings. The number of hydrogen-bond acceptors (Lipinski definition) is 2. The van der Waals surface area contributed by atoms with E-state index in [9.17, 15) is 0 Å². The van der Waals surface area contributed by atoms with Crippen molar-refractivity contribution in [2.24, 2.45) is 0 Å². The molecular formula is C29H22IrN2-2. The van der Waals surface area contributed by atoms with Crippen molar-refractivity contribution in [3.63, 3.8) is 0 Å². The summed E-state index contributed by atoms with van der Waals surface area (Å²) >= 11 is 0. The molecule has 2 aromatic heterocycles. The zero-order valence-electron chi connectivity index (χ0n) is 17.7. The van der Waals surface area contributed by atoms with Gasteiger partial charge in [0.15, 0.2) is 0 Å². The van der Waals surface area contributed by atoms with Crippen LogP contribution in [0.5, 0.6) is 0 Å². The first-order chi connectivity index (χ1) is 15.3. The van der Waals surface area contributed by atoms with Gasteiger partial charge < -0.3 is 9.97 Å². The largest absolute Gasteiger partial charge is 0.305 e. The fourth-order valence-electron chi connectivity index (χ4n) is 3.15. The van der Waals surface area contributed by atoms with Crippen LogP contribution in [0.1, 0.15) is 5.56 Å². The molecule has 0 saturated heterocycles. The molecule has 0 bridgehead atoms. The van der Waals surface area contributed by atoms with Crippen LogP contribution in [0, 0.1) is 19.1 Å². The summed E-state index contributed by atoms with van der Waals surface area (Å²) in [5.74, 6) is 0. The second-order valence-corrected chi connectivity index (χ2v) is 7.07. The summed E-state index contributed by atoms with van der Waals surface area (Å²) in [5.41, 5.74) is 7.62. The summed E-state index contributed by atoms with van der Waals surface area (Å²) in [4.78, 5) is 8.60. The van der Waals surface area contributed by atoms with Gasteiger partial charge >= 0.3 is 0 Å². The summed E-state index contributed by atoms with van der Waals surface area (Å²) < 4.78 is 0. The Bertz CT molecular complexity index is 1170. The van der Waals surface area contributed by atoms with Crippen molar-refractivity contribution >= 4 is 0 Å². The number of hydrogen-bond donors (Lipinski definition) is 0. The van der Waals surface area contributed by atoms with E-state index >= 15 is 0 Å². The molecule has 5 aromatic rings. The van der Waals surface area contributed by atoms with E-state index in [1.165, 1.54) is 16.7 Å². The standard InChI is InChI=1S/C18H14N.C11H8N.Ir/c1-14-11-12-19-18(13-14)17-9-7-16(8-10-17)15-5-3-2-4-6-15;1-2-6-10(7-3-1)11-8-4-5-9-12-11;/h2-9,11-13H,1H3;1-6,8-9H;/q2*-1;. The Kier molecular flexibility index (Phi) is 8.62. The first kappa shape index (κ1) is 23.3. The minimum Gasteiger partial charge on any atom is -0.305 e. The van der Waals surface area contributed by atoms with Gasteiger partial charge in [-0.3, -0.25) is 0 Å². The maximum Gasteiger partial charge on any atom is 0.0163 e. The number of benzene rings is 3. The van der Waals surface area contributed by atoms with Crippen molar-refractivity contribution in [2.75, 3.05) is 0 Å². The molecule has 3 heteroatoms. The molecule has 0 amide bonds. The molecular weight excluding hydrogens is 569 g/mol. The van der Waals surface area contributed by atoms with Crippen LogP contribution < -0.4 is 0 Å². The Labute approximate surface area is 203 Å². The van der Waals surface area contributed by atoms with Crippen molar-refractivity contribution in [3.05, 3.63) is 133 Å². The molecule has 32 heavy (non-hydrogen) atoms. The average Bonchev–Trinajstić information content (AvgIpc) is 2.86. The van der Waals surface area contributed by atoms with E-state index in [0.29, 0.717) is 0 Å². The number of aryl methyl sites for hydroxylation is 1. The van der Waals surface area contributed by atoms with Gasteiger partial charge in [-0.05, 0) is 30.4 Å². The van der Waals surface area contributed by atoms with E-state index in [1.54, 1.807) is 6.20 Å². The third-order valence-electron chi connectivity index (χ3n) is 4.76. The number of nitrogens with zero attached hydrogens (tertiary/aromatic N) is 2. The van der Waals surface area contributed by atoms with Crippen LogP contribution in [0.25, 0.3) is 33.6 Å². The third-order valence-corrected chi connectivity index (χ3v) is 4.76. The second-order valence-electron chi connectivity index (χ2n) is 7.07. The summed E-state index contributed by atoms with van der Waals surface area (Å²) in [6.07, 6.45) is 3.62. The molecule has 2 heterocycles. The Morgan fingerprint density at radius 2 is 1.34 bits per heavy atom. The van der Waals surface area contributed by atoms with Gasteiger partial charge in [0.1, 0.15) is 0 Å². The topological polar surface area (TPSA) is 25.8 Å². The molecule has 0 aliphatic rings. The molecule has 0 saturated carbocycles. The zero-order valence-corrected chi connectivity index (χ0v) is 20.1.